The van der Waals surface area contributed by atoms with Gasteiger partial charge < -0.3 is 20.5 Å². The molecule has 0 aliphatic heterocycles. The number of aliphatic hydroxyl groups excluding tert-OH is 1. The molecule has 0 saturated carbocycles. The largest absolute Gasteiger partial charge is 0.465 e. The Balaban J connectivity index is 1.78. The predicted octanol–water partition coefficient (Wildman–Crippen LogP) is 1.71. The maximum atomic E-state index is 11.8. The van der Waals surface area contributed by atoms with E-state index in [4.69, 9.17) is 0 Å². The monoisotopic (exact) mass is 362 g/mol. The number of esters is 1. The van der Waals surface area contributed by atoms with E-state index in [2.05, 4.69) is 15.4 Å². The van der Waals surface area contributed by atoms with Gasteiger partial charge in [0.15, 0.2) is 0 Å². The summed E-state index contributed by atoms with van der Waals surface area (Å²) in [4.78, 5) is 35.7. The number of hydrogen-bond acceptors (Lipinski definition) is 6. The number of aliphatic hydroxyl groups is 1. The Hall–Kier alpha value is -2.71. The van der Waals surface area contributed by atoms with Gasteiger partial charge in [-0.3, -0.25) is 9.59 Å². The van der Waals surface area contributed by atoms with Crippen molar-refractivity contribution in [3.8, 4) is 0 Å². The lowest BCUT2D eigenvalue weighted by Crippen LogP contribution is -2.36. The number of hydrogen-bond donors (Lipinski definition) is 3. The molecule has 1 heterocycles. The van der Waals surface area contributed by atoms with Crippen LogP contribution in [0, 0.1) is 0 Å². The van der Waals surface area contributed by atoms with Crippen molar-refractivity contribution in [2.24, 2.45) is 0 Å². The van der Waals surface area contributed by atoms with Crippen LogP contribution in [0.25, 0.3) is 0 Å². The number of benzene rings is 1. The summed E-state index contributed by atoms with van der Waals surface area (Å²) in [6.07, 6.45) is -0.359. The molecule has 1 aromatic carbocycles. The molecule has 1 atom stereocenters. The van der Waals surface area contributed by atoms with Crippen LogP contribution < -0.4 is 10.6 Å². The molecule has 0 radical (unpaired) electrons. The topological polar surface area (TPSA) is 105 Å². The average Bonchev–Trinajstić information content (AvgIpc) is 3.16. The van der Waals surface area contributed by atoms with Crippen molar-refractivity contribution in [3.63, 3.8) is 0 Å². The fourth-order valence-electron chi connectivity index (χ4n) is 2.02. The first-order valence-corrected chi connectivity index (χ1v) is 8.38. The molecule has 0 aliphatic carbocycles. The molecule has 2 rings (SSSR count). The van der Waals surface area contributed by atoms with E-state index in [1.165, 1.54) is 42.7 Å². The van der Waals surface area contributed by atoms with E-state index in [1.807, 2.05) is 17.5 Å². The summed E-state index contributed by atoms with van der Waals surface area (Å²) < 4.78 is 4.58. The van der Waals surface area contributed by atoms with E-state index in [0.29, 0.717) is 17.7 Å². The van der Waals surface area contributed by atoms with Gasteiger partial charge in [0.1, 0.15) is 0 Å². The number of amides is 2. The van der Waals surface area contributed by atoms with Crippen LogP contribution >= 0.6 is 11.3 Å². The molecule has 0 fully saturated rings. The van der Waals surface area contributed by atoms with Gasteiger partial charge >= 0.3 is 17.8 Å². The number of carbonyl (C=O) groups is 3. The molecule has 2 aromatic rings. The first kappa shape index (κ1) is 18.6. The van der Waals surface area contributed by atoms with Gasteiger partial charge in [-0.2, -0.15) is 0 Å². The summed E-state index contributed by atoms with van der Waals surface area (Å²) in [5.74, 6) is -2.10. The highest BCUT2D eigenvalue weighted by Crippen LogP contribution is 2.20. The fraction of sp³-hybridized carbons (Fsp3) is 0.235. The molecular formula is C17H18N2O5S. The highest BCUT2D eigenvalue weighted by molar-refractivity contribution is 7.10. The van der Waals surface area contributed by atoms with E-state index in [0.717, 1.165) is 4.88 Å². The third-order valence-electron chi connectivity index (χ3n) is 3.35. The van der Waals surface area contributed by atoms with Crippen LogP contribution in [-0.2, 0) is 14.3 Å². The summed E-state index contributed by atoms with van der Waals surface area (Å²) in [7, 11) is 1.28. The summed E-state index contributed by atoms with van der Waals surface area (Å²) in [6.45, 7) is 0.173. The van der Waals surface area contributed by atoms with Crippen molar-refractivity contribution < 1.29 is 24.2 Å². The third kappa shape index (κ3) is 5.40. The number of anilines is 1. The van der Waals surface area contributed by atoms with Gasteiger partial charge in [0.05, 0.1) is 18.8 Å². The molecule has 25 heavy (non-hydrogen) atoms. The zero-order chi connectivity index (χ0) is 18.2. The smallest absolute Gasteiger partial charge is 0.337 e. The standard InChI is InChI=1S/C17H18N2O5S/c1-24-17(23)11-4-6-12(7-5-11)19-16(22)15(21)18-9-8-13(20)14-3-2-10-25-14/h2-7,10,13,20H,8-9H2,1H3,(H,18,21)(H,19,22). The Kier molecular flexibility index (Phi) is 6.67. The van der Waals surface area contributed by atoms with Crippen molar-refractivity contribution in [1.29, 1.82) is 0 Å². The maximum Gasteiger partial charge on any atom is 0.337 e. The van der Waals surface area contributed by atoms with Crippen molar-refractivity contribution in [2.45, 2.75) is 12.5 Å². The van der Waals surface area contributed by atoms with E-state index < -0.39 is 23.9 Å². The Bertz CT molecular complexity index is 728. The molecule has 8 heteroatoms. The molecule has 0 saturated heterocycles. The number of rotatable bonds is 6. The van der Waals surface area contributed by atoms with Gasteiger partial charge in [-0.15, -0.1) is 11.3 Å². The van der Waals surface area contributed by atoms with Crippen molar-refractivity contribution in [2.75, 3.05) is 19.0 Å². The van der Waals surface area contributed by atoms with Gasteiger partial charge in [-0.1, -0.05) is 6.07 Å². The van der Waals surface area contributed by atoms with Gasteiger partial charge in [-0.25, -0.2) is 4.79 Å². The van der Waals surface area contributed by atoms with Crippen LogP contribution in [-0.4, -0.2) is 36.5 Å². The highest BCUT2D eigenvalue weighted by atomic mass is 32.1. The second kappa shape index (κ2) is 8.95. The minimum Gasteiger partial charge on any atom is -0.465 e. The minimum absolute atomic E-state index is 0.173. The SMILES string of the molecule is COC(=O)c1ccc(NC(=O)C(=O)NCCC(O)c2cccs2)cc1. The van der Waals surface area contributed by atoms with Crippen LogP contribution in [0.1, 0.15) is 27.8 Å². The molecule has 7 nitrogen and oxygen atoms in total. The minimum atomic E-state index is -0.823. The average molecular weight is 362 g/mol. The summed E-state index contributed by atoms with van der Waals surface area (Å²) in [6, 6.07) is 9.60. The molecule has 1 unspecified atom stereocenters. The lowest BCUT2D eigenvalue weighted by molar-refractivity contribution is -0.136. The zero-order valence-corrected chi connectivity index (χ0v) is 14.3. The summed E-state index contributed by atoms with van der Waals surface area (Å²) in [5.41, 5.74) is 0.721. The number of thiophene rings is 1. The molecule has 0 spiro atoms. The van der Waals surface area contributed by atoms with Gasteiger partial charge in [0.25, 0.3) is 0 Å². The van der Waals surface area contributed by atoms with Crippen molar-refractivity contribution in [1.82, 2.24) is 5.32 Å². The second-order valence-corrected chi connectivity index (χ2v) is 6.08. The Morgan fingerprint density at radius 1 is 1.16 bits per heavy atom. The van der Waals surface area contributed by atoms with E-state index in [9.17, 15) is 19.5 Å². The van der Waals surface area contributed by atoms with E-state index >= 15 is 0 Å². The quantitative estimate of drug-likeness (QED) is 0.536. The third-order valence-corrected chi connectivity index (χ3v) is 4.32. The normalized spacial score (nSPS) is 11.4. The Labute approximate surface area is 148 Å². The van der Waals surface area contributed by atoms with Crippen LogP contribution in [0.5, 0.6) is 0 Å². The van der Waals surface area contributed by atoms with Crippen LogP contribution in [0.3, 0.4) is 0 Å². The molecule has 1 aromatic heterocycles. The van der Waals surface area contributed by atoms with Crippen LogP contribution in [0.4, 0.5) is 5.69 Å². The number of ether oxygens (including phenoxy) is 1. The van der Waals surface area contributed by atoms with E-state index in [1.54, 1.807) is 0 Å². The molecule has 0 bridgehead atoms. The fourth-order valence-corrected chi connectivity index (χ4v) is 2.77. The van der Waals surface area contributed by atoms with E-state index in [-0.39, 0.29) is 6.54 Å². The van der Waals surface area contributed by atoms with Crippen LogP contribution in [0.2, 0.25) is 0 Å². The first-order valence-electron chi connectivity index (χ1n) is 7.50. The Morgan fingerprint density at radius 3 is 2.48 bits per heavy atom. The lowest BCUT2D eigenvalue weighted by atomic mass is 10.2. The zero-order valence-electron chi connectivity index (χ0n) is 13.5. The second-order valence-electron chi connectivity index (χ2n) is 5.10. The summed E-state index contributed by atoms with van der Waals surface area (Å²) >= 11 is 1.43. The number of methoxy groups -OCH3 is 1. The molecule has 0 aliphatic rings. The number of nitrogens with one attached hydrogen (secondary N) is 2. The first-order chi connectivity index (χ1) is 12.0. The molecule has 132 valence electrons. The van der Waals surface area contributed by atoms with Gasteiger partial charge in [-0.05, 0) is 42.1 Å². The molecule has 3 N–H and O–H groups in total. The molecule has 2 amide bonds. The van der Waals surface area contributed by atoms with Crippen molar-refractivity contribution in [3.05, 3.63) is 52.2 Å². The Morgan fingerprint density at radius 2 is 1.88 bits per heavy atom. The van der Waals surface area contributed by atoms with Crippen molar-refractivity contribution >= 4 is 34.8 Å². The van der Waals surface area contributed by atoms with Gasteiger partial charge in [0, 0.05) is 17.1 Å². The lowest BCUT2D eigenvalue weighted by Gasteiger charge is -2.10. The van der Waals surface area contributed by atoms with Crippen LogP contribution in [0.15, 0.2) is 41.8 Å². The number of carbonyl (C=O) groups excluding carboxylic acids is 3. The highest BCUT2D eigenvalue weighted by Gasteiger charge is 2.15. The van der Waals surface area contributed by atoms with Gasteiger partial charge in [0.2, 0.25) is 0 Å². The predicted molar refractivity (Wildman–Crippen MR) is 93.3 cm³/mol. The molecular weight excluding hydrogens is 344 g/mol. The maximum absolute atomic E-state index is 11.8. The summed E-state index contributed by atoms with van der Waals surface area (Å²) in [5, 5.41) is 16.6.